The van der Waals surface area contributed by atoms with E-state index in [-0.39, 0.29) is 0 Å². The SMILES string of the molecule is O=Cc1cccnc1NCC1CCCCC1. The number of rotatable bonds is 4. The molecule has 1 aliphatic carbocycles. The number of pyridine rings is 1. The van der Waals surface area contributed by atoms with Crippen LogP contribution in [0.3, 0.4) is 0 Å². The second-order valence-electron chi connectivity index (χ2n) is 4.44. The summed E-state index contributed by atoms with van der Waals surface area (Å²) in [4.78, 5) is 15.0. The van der Waals surface area contributed by atoms with Gasteiger partial charge in [-0.2, -0.15) is 0 Å². The van der Waals surface area contributed by atoms with Crippen LogP contribution in [0, 0.1) is 5.92 Å². The predicted octanol–water partition coefficient (Wildman–Crippen LogP) is 2.89. The molecule has 1 N–H and O–H groups in total. The van der Waals surface area contributed by atoms with E-state index in [1.165, 1.54) is 32.1 Å². The summed E-state index contributed by atoms with van der Waals surface area (Å²) in [5, 5.41) is 3.29. The van der Waals surface area contributed by atoms with Crippen LogP contribution in [0.1, 0.15) is 42.5 Å². The highest BCUT2D eigenvalue weighted by atomic mass is 16.1. The molecule has 86 valence electrons. The van der Waals surface area contributed by atoms with Crippen LogP contribution in [-0.2, 0) is 0 Å². The molecule has 3 nitrogen and oxygen atoms in total. The first-order valence-electron chi connectivity index (χ1n) is 6.04. The maximum Gasteiger partial charge on any atom is 0.153 e. The number of nitrogens with zero attached hydrogens (tertiary/aromatic N) is 1. The van der Waals surface area contributed by atoms with Crippen LogP contribution >= 0.6 is 0 Å². The first kappa shape index (κ1) is 11.1. The Hall–Kier alpha value is -1.38. The van der Waals surface area contributed by atoms with Crippen molar-refractivity contribution in [1.29, 1.82) is 0 Å². The van der Waals surface area contributed by atoms with Crippen molar-refractivity contribution in [3.8, 4) is 0 Å². The highest BCUT2D eigenvalue weighted by Crippen LogP contribution is 2.24. The molecule has 0 unspecified atom stereocenters. The molecule has 16 heavy (non-hydrogen) atoms. The molecular formula is C13H18N2O. The second kappa shape index (κ2) is 5.64. The Bertz CT molecular complexity index is 346. The molecule has 1 aliphatic rings. The number of aromatic nitrogens is 1. The van der Waals surface area contributed by atoms with Gasteiger partial charge in [0.25, 0.3) is 0 Å². The van der Waals surface area contributed by atoms with Crippen LogP contribution in [0.15, 0.2) is 18.3 Å². The van der Waals surface area contributed by atoms with Crippen LogP contribution in [-0.4, -0.2) is 17.8 Å². The number of carbonyl (C=O) groups excluding carboxylic acids is 1. The van der Waals surface area contributed by atoms with Crippen molar-refractivity contribution in [2.24, 2.45) is 5.92 Å². The Morgan fingerprint density at radius 3 is 2.94 bits per heavy atom. The van der Waals surface area contributed by atoms with Crippen molar-refractivity contribution >= 4 is 12.1 Å². The molecule has 2 rings (SSSR count). The summed E-state index contributed by atoms with van der Waals surface area (Å²) in [6.45, 7) is 0.942. The van der Waals surface area contributed by atoms with E-state index in [1.54, 1.807) is 18.3 Å². The third-order valence-corrected chi connectivity index (χ3v) is 3.25. The summed E-state index contributed by atoms with van der Waals surface area (Å²) in [7, 11) is 0. The summed E-state index contributed by atoms with van der Waals surface area (Å²) in [6.07, 6.45) is 9.24. The van der Waals surface area contributed by atoms with Gasteiger partial charge in [0.15, 0.2) is 6.29 Å². The predicted molar refractivity (Wildman–Crippen MR) is 64.7 cm³/mol. The van der Waals surface area contributed by atoms with Gasteiger partial charge in [-0.25, -0.2) is 4.98 Å². The lowest BCUT2D eigenvalue weighted by Gasteiger charge is -2.22. The summed E-state index contributed by atoms with van der Waals surface area (Å²) in [5.41, 5.74) is 0.651. The minimum absolute atomic E-state index is 0.651. The molecule has 0 amide bonds. The first-order chi connectivity index (χ1) is 7.90. The summed E-state index contributed by atoms with van der Waals surface area (Å²) >= 11 is 0. The highest BCUT2D eigenvalue weighted by molar-refractivity contribution is 5.82. The quantitative estimate of drug-likeness (QED) is 0.790. The maximum absolute atomic E-state index is 10.8. The Morgan fingerprint density at radius 1 is 1.38 bits per heavy atom. The zero-order chi connectivity index (χ0) is 11.2. The van der Waals surface area contributed by atoms with E-state index in [9.17, 15) is 4.79 Å². The fourth-order valence-corrected chi connectivity index (χ4v) is 2.29. The van der Waals surface area contributed by atoms with Gasteiger partial charge < -0.3 is 5.32 Å². The summed E-state index contributed by atoms with van der Waals surface area (Å²) < 4.78 is 0. The van der Waals surface area contributed by atoms with E-state index < -0.39 is 0 Å². The standard InChI is InChI=1S/C13H18N2O/c16-10-12-7-4-8-14-13(12)15-9-11-5-2-1-3-6-11/h4,7-8,10-11H,1-3,5-6,9H2,(H,14,15). The minimum atomic E-state index is 0.651. The van der Waals surface area contributed by atoms with Crippen molar-refractivity contribution in [3.63, 3.8) is 0 Å². The molecule has 1 heterocycles. The smallest absolute Gasteiger partial charge is 0.153 e. The van der Waals surface area contributed by atoms with E-state index >= 15 is 0 Å². The Kier molecular flexibility index (Phi) is 3.91. The van der Waals surface area contributed by atoms with Gasteiger partial charge in [-0.3, -0.25) is 4.79 Å². The molecule has 0 spiro atoms. The summed E-state index contributed by atoms with van der Waals surface area (Å²) in [5.74, 6) is 1.47. The van der Waals surface area contributed by atoms with Crippen LogP contribution in [0.5, 0.6) is 0 Å². The number of aldehydes is 1. The van der Waals surface area contributed by atoms with Gasteiger partial charge in [-0.05, 0) is 30.9 Å². The molecule has 0 bridgehead atoms. The van der Waals surface area contributed by atoms with Crippen molar-refractivity contribution in [2.75, 3.05) is 11.9 Å². The van der Waals surface area contributed by atoms with Crippen molar-refractivity contribution in [3.05, 3.63) is 23.9 Å². The molecule has 1 aromatic heterocycles. The topological polar surface area (TPSA) is 42.0 Å². The van der Waals surface area contributed by atoms with Gasteiger partial charge in [-0.15, -0.1) is 0 Å². The van der Waals surface area contributed by atoms with Crippen LogP contribution in [0.2, 0.25) is 0 Å². The molecular weight excluding hydrogens is 200 g/mol. The normalized spacial score (nSPS) is 17.0. The van der Waals surface area contributed by atoms with Crippen molar-refractivity contribution in [2.45, 2.75) is 32.1 Å². The zero-order valence-corrected chi connectivity index (χ0v) is 9.48. The lowest BCUT2D eigenvalue weighted by molar-refractivity contribution is 0.112. The molecule has 1 saturated carbocycles. The van der Waals surface area contributed by atoms with Gasteiger partial charge in [0.05, 0.1) is 5.56 Å². The van der Waals surface area contributed by atoms with Crippen LogP contribution in [0.4, 0.5) is 5.82 Å². The molecule has 3 heteroatoms. The van der Waals surface area contributed by atoms with Gasteiger partial charge in [-0.1, -0.05) is 19.3 Å². The van der Waals surface area contributed by atoms with Crippen LogP contribution in [0.25, 0.3) is 0 Å². The Labute approximate surface area is 96.3 Å². The third-order valence-electron chi connectivity index (χ3n) is 3.25. The molecule has 0 aliphatic heterocycles. The van der Waals surface area contributed by atoms with Crippen molar-refractivity contribution < 1.29 is 4.79 Å². The Balaban J connectivity index is 1.90. The van der Waals surface area contributed by atoms with Gasteiger partial charge >= 0.3 is 0 Å². The molecule has 1 aromatic rings. The lowest BCUT2D eigenvalue weighted by atomic mass is 9.89. The molecule has 1 fully saturated rings. The molecule has 0 atom stereocenters. The molecule has 0 saturated heterocycles. The number of hydrogen-bond acceptors (Lipinski definition) is 3. The average Bonchev–Trinajstić information content (AvgIpc) is 2.38. The minimum Gasteiger partial charge on any atom is -0.369 e. The Morgan fingerprint density at radius 2 is 2.19 bits per heavy atom. The fraction of sp³-hybridized carbons (Fsp3) is 0.538. The van der Waals surface area contributed by atoms with E-state index in [4.69, 9.17) is 0 Å². The van der Waals surface area contributed by atoms with Gasteiger partial charge in [0.2, 0.25) is 0 Å². The highest BCUT2D eigenvalue weighted by Gasteiger charge is 2.13. The number of carbonyl (C=O) groups is 1. The van der Waals surface area contributed by atoms with E-state index in [1.807, 2.05) is 0 Å². The second-order valence-corrected chi connectivity index (χ2v) is 4.44. The monoisotopic (exact) mass is 218 g/mol. The van der Waals surface area contributed by atoms with E-state index in [0.717, 1.165) is 24.6 Å². The van der Waals surface area contributed by atoms with Crippen molar-refractivity contribution in [1.82, 2.24) is 4.98 Å². The zero-order valence-electron chi connectivity index (χ0n) is 9.48. The molecule has 0 radical (unpaired) electrons. The first-order valence-corrected chi connectivity index (χ1v) is 6.04. The lowest BCUT2D eigenvalue weighted by Crippen LogP contribution is -2.18. The fourth-order valence-electron chi connectivity index (χ4n) is 2.29. The number of nitrogens with one attached hydrogen (secondary N) is 1. The van der Waals surface area contributed by atoms with Gasteiger partial charge in [0.1, 0.15) is 5.82 Å². The third kappa shape index (κ3) is 2.81. The van der Waals surface area contributed by atoms with Crippen LogP contribution < -0.4 is 5.32 Å². The maximum atomic E-state index is 10.8. The number of anilines is 1. The largest absolute Gasteiger partial charge is 0.369 e. The van der Waals surface area contributed by atoms with E-state index in [0.29, 0.717) is 5.56 Å². The molecule has 0 aromatic carbocycles. The average molecular weight is 218 g/mol. The van der Waals surface area contributed by atoms with E-state index in [2.05, 4.69) is 10.3 Å². The van der Waals surface area contributed by atoms with Gasteiger partial charge in [0, 0.05) is 12.7 Å². The number of hydrogen-bond donors (Lipinski definition) is 1. The summed E-state index contributed by atoms with van der Waals surface area (Å²) in [6, 6.07) is 3.58.